The predicted molar refractivity (Wildman–Crippen MR) is 98.2 cm³/mol. The molecule has 0 saturated heterocycles. The number of aromatic nitrogens is 2. The number of amides is 1. The van der Waals surface area contributed by atoms with Crippen LogP contribution in [0.25, 0.3) is 0 Å². The molecular formula is C19H21F3N4O3. The van der Waals surface area contributed by atoms with E-state index < -0.39 is 53.0 Å². The Morgan fingerprint density at radius 3 is 2.52 bits per heavy atom. The van der Waals surface area contributed by atoms with E-state index in [1.54, 1.807) is 0 Å². The van der Waals surface area contributed by atoms with Crippen LogP contribution in [0.1, 0.15) is 41.1 Å². The number of carbonyl (C=O) groups excluding carboxylic acids is 1. The van der Waals surface area contributed by atoms with Gasteiger partial charge >= 0.3 is 0 Å². The molecule has 1 heterocycles. The smallest absolute Gasteiger partial charge is 0.296 e. The van der Waals surface area contributed by atoms with Gasteiger partial charge < -0.3 is 16.2 Å². The minimum Gasteiger partial charge on any atom is -0.501 e. The molecule has 1 aromatic carbocycles. The van der Waals surface area contributed by atoms with Gasteiger partial charge in [0.25, 0.3) is 17.4 Å². The van der Waals surface area contributed by atoms with Crippen molar-refractivity contribution in [3.05, 3.63) is 57.5 Å². The molecule has 29 heavy (non-hydrogen) atoms. The van der Waals surface area contributed by atoms with E-state index in [2.05, 4.69) is 10.3 Å². The molecule has 2 aromatic rings. The van der Waals surface area contributed by atoms with Gasteiger partial charge in [-0.1, -0.05) is 12.1 Å². The lowest BCUT2D eigenvalue weighted by molar-refractivity contribution is -0.00921. The van der Waals surface area contributed by atoms with Gasteiger partial charge in [0, 0.05) is 25.4 Å². The summed E-state index contributed by atoms with van der Waals surface area (Å²) < 4.78 is 41.7. The maximum atomic E-state index is 13.9. The molecule has 0 aliphatic heterocycles. The summed E-state index contributed by atoms with van der Waals surface area (Å²) in [5, 5.41) is 12.6. The van der Waals surface area contributed by atoms with E-state index in [1.807, 2.05) is 0 Å². The second kappa shape index (κ2) is 7.51. The molecule has 10 heteroatoms. The summed E-state index contributed by atoms with van der Waals surface area (Å²) in [5.41, 5.74) is 3.21. The Morgan fingerprint density at radius 2 is 1.97 bits per heavy atom. The number of nitrogens with two attached hydrogens (primary N) is 1. The predicted octanol–water partition coefficient (Wildman–Crippen LogP) is 1.57. The Morgan fingerprint density at radius 1 is 1.34 bits per heavy atom. The fraction of sp³-hybridized carbons (Fsp3) is 0.421. The van der Waals surface area contributed by atoms with Crippen LogP contribution in [0.15, 0.2) is 29.1 Å². The van der Waals surface area contributed by atoms with Crippen LogP contribution < -0.4 is 16.6 Å². The number of alkyl halides is 2. The first-order valence-corrected chi connectivity index (χ1v) is 8.99. The highest BCUT2D eigenvalue weighted by Gasteiger charge is 2.53. The van der Waals surface area contributed by atoms with Gasteiger partial charge in [-0.3, -0.25) is 14.2 Å². The largest absolute Gasteiger partial charge is 0.501 e. The zero-order valence-electron chi connectivity index (χ0n) is 15.7. The molecule has 1 aliphatic carbocycles. The summed E-state index contributed by atoms with van der Waals surface area (Å²) >= 11 is 0. The van der Waals surface area contributed by atoms with Crippen LogP contribution in [0.2, 0.25) is 0 Å². The quantitative estimate of drug-likeness (QED) is 0.642. The summed E-state index contributed by atoms with van der Waals surface area (Å²) in [6, 6.07) is 5.38. The summed E-state index contributed by atoms with van der Waals surface area (Å²) in [4.78, 5) is 28.9. The maximum absolute atomic E-state index is 13.9. The second-order valence-electron chi connectivity index (χ2n) is 7.32. The third kappa shape index (κ3) is 4.26. The first-order valence-electron chi connectivity index (χ1n) is 8.99. The molecule has 7 nitrogen and oxygen atoms in total. The van der Waals surface area contributed by atoms with Crippen LogP contribution in [0.3, 0.4) is 0 Å². The molecule has 1 aliphatic rings. The number of nitrogens with one attached hydrogen (secondary N) is 1. The standard InChI is InChI=1S/C19H21F3N4O3/c1-26-16(29)14(27)13(15(28)24-8-11-2-4-12(20)5-3-11)25-17(26)18(6-7-18)9-19(21,22)10-23/h2-5,27H,6-10,23H2,1H3,(H,24,28). The van der Waals surface area contributed by atoms with Crippen LogP contribution in [0.4, 0.5) is 13.2 Å². The highest BCUT2D eigenvalue weighted by molar-refractivity contribution is 5.94. The van der Waals surface area contributed by atoms with Gasteiger partial charge in [-0.05, 0) is 30.5 Å². The van der Waals surface area contributed by atoms with E-state index in [9.17, 15) is 27.9 Å². The van der Waals surface area contributed by atoms with Crippen molar-refractivity contribution in [1.82, 2.24) is 14.9 Å². The van der Waals surface area contributed by atoms with Gasteiger partial charge in [0.1, 0.15) is 11.6 Å². The number of rotatable bonds is 7. The number of hydrogen-bond acceptors (Lipinski definition) is 5. The highest BCUT2D eigenvalue weighted by Crippen LogP contribution is 2.53. The second-order valence-corrected chi connectivity index (χ2v) is 7.32. The molecule has 156 valence electrons. The molecule has 1 fully saturated rings. The molecule has 0 bridgehead atoms. The van der Waals surface area contributed by atoms with E-state index in [0.717, 1.165) is 4.57 Å². The fourth-order valence-corrected chi connectivity index (χ4v) is 3.29. The van der Waals surface area contributed by atoms with E-state index in [4.69, 9.17) is 5.73 Å². The number of halogens is 3. The summed E-state index contributed by atoms with van der Waals surface area (Å²) in [6.45, 7) is -0.840. The third-order valence-electron chi connectivity index (χ3n) is 5.07. The van der Waals surface area contributed by atoms with Crippen molar-refractivity contribution in [2.45, 2.75) is 37.1 Å². The first kappa shape index (κ1) is 20.8. The van der Waals surface area contributed by atoms with E-state index in [1.165, 1.54) is 31.3 Å². The molecule has 1 saturated carbocycles. The SMILES string of the molecule is Cn1c(C2(CC(F)(F)CN)CC2)nc(C(=O)NCc2ccc(F)cc2)c(O)c1=O. The van der Waals surface area contributed by atoms with Crippen LogP contribution in [0.5, 0.6) is 5.75 Å². The zero-order valence-corrected chi connectivity index (χ0v) is 15.7. The molecule has 4 N–H and O–H groups in total. The molecule has 0 unspecified atom stereocenters. The van der Waals surface area contributed by atoms with Gasteiger partial charge in [-0.25, -0.2) is 18.2 Å². The number of nitrogens with zero attached hydrogens (tertiary/aromatic N) is 2. The van der Waals surface area contributed by atoms with Crippen LogP contribution in [-0.4, -0.2) is 33.0 Å². The van der Waals surface area contributed by atoms with Gasteiger partial charge in [-0.2, -0.15) is 0 Å². The summed E-state index contributed by atoms with van der Waals surface area (Å²) in [7, 11) is 1.31. The lowest BCUT2D eigenvalue weighted by Crippen LogP contribution is -2.37. The molecule has 0 atom stereocenters. The lowest BCUT2D eigenvalue weighted by Gasteiger charge is -2.23. The van der Waals surface area contributed by atoms with Crippen molar-refractivity contribution >= 4 is 5.91 Å². The fourth-order valence-electron chi connectivity index (χ4n) is 3.29. The molecule has 1 amide bonds. The van der Waals surface area contributed by atoms with Crippen molar-refractivity contribution in [1.29, 1.82) is 0 Å². The van der Waals surface area contributed by atoms with Gasteiger partial charge in [-0.15, -0.1) is 0 Å². The number of carbonyl (C=O) groups is 1. The number of hydrogen-bond donors (Lipinski definition) is 3. The Bertz CT molecular complexity index is 985. The van der Waals surface area contributed by atoms with Crippen molar-refractivity contribution < 1.29 is 23.1 Å². The van der Waals surface area contributed by atoms with Crippen LogP contribution in [0, 0.1) is 5.82 Å². The molecule has 3 rings (SSSR count). The molecule has 1 aromatic heterocycles. The van der Waals surface area contributed by atoms with Crippen LogP contribution in [-0.2, 0) is 19.0 Å². The number of aromatic hydroxyl groups is 1. The van der Waals surface area contributed by atoms with E-state index >= 15 is 0 Å². The Balaban J connectivity index is 1.89. The normalized spacial score (nSPS) is 15.2. The summed E-state index contributed by atoms with van der Waals surface area (Å²) in [6.07, 6.45) is 0.132. The Kier molecular flexibility index (Phi) is 5.40. The number of benzene rings is 1. The van der Waals surface area contributed by atoms with Crippen molar-refractivity contribution in [2.75, 3.05) is 6.54 Å². The Hall–Kier alpha value is -2.88. The van der Waals surface area contributed by atoms with Crippen LogP contribution >= 0.6 is 0 Å². The molecule has 0 radical (unpaired) electrons. The average Bonchev–Trinajstić information content (AvgIpc) is 3.45. The Labute approximate surface area is 164 Å². The lowest BCUT2D eigenvalue weighted by atomic mass is 9.96. The topological polar surface area (TPSA) is 110 Å². The minimum atomic E-state index is -3.14. The molecule has 0 spiro atoms. The maximum Gasteiger partial charge on any atom is 0.296 e. The van der Waals surface area contributed by atoms with Crippen molar-refractivity contribution in [2.24, 2.45) is 12.8 Å². The van der Waals surface area contributed by atoms with Gasteiger partial charge in [0.15, 0.2) is 5.69 Å². The highest BCUT2D eigenvalue weighted by atomic mass is 19.3. The first-order chi connectivity index (χ1) is 13.6. The zero-order chi connectivity index (χ0) is 21.4. The minimum absolute atomic E-state index is 0.00115. The monoisotopic (exact) mass is 410 g/mol. The van der Waals surface area contributed by atoms with Gasteiger partial charge in [0.05, 0.1) is 6.54 Å². The van der Waals surface area contributed by atoms with Crippen molar-refractivity contribution in [3.63, 3.8) is 0 Å². The van der Waals surface area contributed by atoms with E-state index in [-0.39, 0.29) is 12.4 Å². The average molecular weight is 410 g/mol. The molecular weight excluding hydrogens is 389 g/mol. The van der Waals surface area contributed by atoms with E-state index in [0.29, 0.717) is 18.4 Å². The third-order valence-corrected chi connectivity index (χ3v) is 5.07. The van der Waals surface area contributed by atoms with Crippen molar-refractivity contribution in [3.8, 4) is 5.75 Å². The summed E-state index contributed by atoms with van der Waals surface area (Å²) in [5.74, 6) is -5.27. The van der Waals surface area contributed by atoms with Gasteiger partial charge in [0.2, 0.25) is 5.75 Å².